The molecule has 130 valence electrons. The van der Waals surface area contributed by atoms with Crippen LogP contribution < -0.4 is 5.32 Å². The van der Waals surface area contributed by atoms with Crippen LogP contribution in [-0.2, 0) is 4.79 Å². The van der Waals surface area contributed by atoms with Crippen LogP contribution in [0.1, 0.15) is 45.2 Å². The summed E-state index contributed by atoms with van der Waals surface area (Å²) in [6.07, 6.45) is 2.25. The molecular weight excluding hydrogens is 332 g/mol. The third-order valence-corrected chi connectivity index (χ3v) is 3.62. The van der Waals surface area contributed by atoms with Gasteiger partial charge in [0.25, 0.3) is 0 Å². The molecule has 6 nitrogen and oxygen atoms in total. The molecule has 1 aromatic carbocycles. The van der Waals surface area contributed by atoms with Gasteiger partial charge in [0.15, 0.2) is 0 Å². The summed E-state index contributed by atoms with van der Waals surface area (Å²) in [5.74, 6) is -0.309. The maximum atomic E-state index is 12.0. The van der Waals surface area contributed by atoms with Crippen molar-refractivity contribution in [2.45, 2.75) is 39.7 Å². The third kappa shape index (κ3) is 5.70. The second kappa shape index (κ2) is 9.08. The Bertz CT molecular complexity index is 662. The Hall–Kier alpha value is -2.34. The highest BCUT2D eigenvalue weighted by Crippen LogP contribution is 2.27. The van der Waals surface area contributed by atoms with Crippen LogP contribution in [0.15, 0.2) is 47.4 Å². The summed E-state index contributed by atoms with van der Waals surface area (Å²) in [6, 6.07) is 6.02. The zero-order valence-electron chi connectivity index (χ0n) is 13.9. The molecule has 0 aliphatic rings. The number of carbonyl (C=O) groups excluding carboxylic acids is 1. The molecule has 0 bridgehead atoms. The van der Waals surface area contributed by atoms with E-state index in [0.29, 0.717) is 23.4 Å². The molecule has 0 fully saturated rings. The molecule has 1 amide bonds. The van der Waals surface area contributed by atoms with E-state index in [9.17, 15) is 20.0 Å². The minimum Gasteiger partial charge on any atom is -0.512 e. The van der Waals surface area contributed by atoms with Crippen molar-refractivity contribution in [1.29, 1.82) is 0 Å². The fourth-order valence-corrected chi connectivity index (χ4v) is 2.26. The van der Waals surface area contributed by atoms with E-state index in [1.54, 1.807) is 24.3 Å². The van der Waals surface area contributed by atoms with Crippen LogP contribution in [0, 0.1) is 10.1 Å². The van der Waals surface area contributed by atoms with Gasteiger partial charge in [0.1, 0.15) is 0 Å². The topological polar surface area (TPSA) is 92.5 Å². The lowest BCUT2D eigenvalue weighted by atomic mass is 9.96. The number of nitrogens with zero attached hydrogens (tertiary/aromatic N) is 1. The molecule has 1 aromatic rings. The van der Waals surface area contributed by atoms with E-state index in [0.717, 1.165) is 0 Å². The van der Waals surface area contributed by atoms with Crippen molar-refractivity contribution >= 4 is 17.5 Å². The van der Waals surface area contributed by atoms with E-state index in [1.807, 2.05) is 6.92 Å². The standard InChI is InChI=1S/C17H21ClN2O4/c1-4-5-16(22)19-17(13-6-8-14(18)9-7-13)15(12(3)21)10-11(2)20(23)24/h6-10,17,21H,4-5H2,1-3H3,(H,19,22)/b11-10+,15-12-. The first kappa shape index (κ1) is 19.7. The maximum absolute atomic E-state index is 12.0. The van der Waals surface area contributed by atoms with Gasteiger partial charge >= 0.3 is 0 Å². The maximum Gasteiger partial charge on any atom is 0.243 e. The molecule has 0 heterocycles. The van der Waals surface area contributed by atoms with Crippen LogP contribution in [0.3, 0.4) is 0 Å². The quantitative estimate of drug-likeness (QED) is 0.331. The number of aliphatic hydroxyl groups excluding tert-OH is 1. The van der Waals surface area contributed by atoms with Crippen LogP contribution in [0.4, 0.5) is 0 Å². The minimum atomic E-state index is -0.707. The first-order valence-corrected chi connectivity index (χ1v) is 7.91. The Morgan fingerprint density at radius 3 is 2.42 bits per heavy atom. The van der Waals surface area contributed by atoms with Crippen LogP contribution >= 0.6 is 11.6 Å². The molecule has 0 saturated heterocycles. The summed E-state index contributed by atoms with van der Waals surface area (Å²) >= 11 is 5.89. The number of amides is 1. The molecule has 1 atom stereocenters. The molecule has 0 radical (unpaired) electrons. The van der Waals surface area contributed by atoms with Gasteiger partial charge in [-0.3, -0.25) is 14.9 Å². The van der Waals surface area contributed by atoms with Gasteiger partial charge < -0.3 is 10.4 Å². The predicted molar refractivity (Wildman–Crippen MR) is 93.3 cm³/mol. The largest absolute Gasteiger partial charge is 0.512 e. The summed E-state index contributed by atoms with van der Waals surface area (Å²) in [7, 11) is 0. The zero-order valence-corrected chi connectivity index (χ0v) is 14.6. The molecule has 0 saturated carbocycles. The number of allylic oxidation sites excluding steroid dienone is 2. The Morgan fingerprint density at radius 1 is 1.38 bits per heavy atom. The highest BCUT2D eigenvalue weighted by atomic mass is 35.5. The summed E-state index contributed by atoms with van der Waals surface area (Å²) in [5.41, 5.74) is 0.790. The molecule has 7 heteroatoms. The molecule has 24 heavy (non-hydrogen) atoms. The Kier molecular flexibility index (Phi) is 7.45. The summed E-state index contributed by atoms with van der Waals surface area (Å²) < 4.78 is 0. The predicted octanol–water partition coefficient (Wildman–Crippen LogP) is 4.31. The van der Waals surface area contributed by atoms with Gasteiger partial charge in [-0.25, -0.2) is 0 Å². The SMILES string of the molecule is CCCC(=O)NC(C(/C=C(\C)[N+](=O)[O-])=C(/C)O)c1ccc(Cl)cc1. The molecule has 0 aliphatic heterocycles. The lowest BCUT2D eigenvalue weighted by Crippen LogP contribution is -2.30. The van der Waals surface area contributed by atoms with E-state index in [1.165, 1.54) is 19.9 Å². The first-order chi connectivity index (χ1) is 11.3. The van der Waals surface area contributed by atoms with E-state index < -0.39 is 11.0 Å². The zero-order chi connectivity index (χ0) is 18.3. The van der Waals surface area contributed by atoms with Crippen LogP contribution in [0.2, 0.25) is 5.02 Å². The lowest BCUT2D eigenvalue weighted by Gasteiger charge is -2.21. The number of aliphatic hydroxyl groups is 1. The van der Waals surface area contributed by atoms with Crippen molar-refractivity contribution in [3.8, 4) is 0 Å². The monoisotopic (exact) mass is 352 g/mol. The molecule has 1 rings (SSSR count). The van der Waals surface area contributed by atoms with Gasteiger partial charge in [0.2, 0.25) is 11.6 Å². The van der Waals surface area contributed by atoms with Crippen LogP contribution in [0.5, 0.6) is 0 Å². The lowest BCUT2D eigenvalue weighted by molar-refractivity contribution is -0.424. The van der Waals surface area contributed by atoms with Crippen LogP contribution in [0.25, 0.3) is 0 Å². The number of carbonyl (C=O) groups is 1. The van der Waals surface area contributed by atoms with E-state index >= 15 is 0 Å². The second-order valence-electron chi connectivity index (χ2n) is 5.39. The summed E-state index contributed by atoms with van der Waals surface area (Å²) in [6.45, 7) is 4.63. The third-order valence-electron chi connectivity index (χ3n) is 3.37. The first-order valence-electron chi connectivity index (χ1n) is 7.53. The number of benzene rings is 1. The average Bonchev–Trinajstić information content (AvgIpc) is 2.51. The second-order valence-corrected chi connectivity index (χ2v) is 5.82. The summed E-state index contributed by atoms with van der Waals surface area (Å²) in [4.78, 5) is 22.4. The average molecular weight is 353 g/mol. The van der Waals surface area contributed by atoms with Gasteiger partial charge in [0.05, 0.1) is 16.7 Å². The smallest absolute Gasteiger partial charge is 0.243 e. The molecule has 0 aliphatic carbocycles. The number of rotatable bonds is 7. The fourth-order valence-electron chi connectivity index (χ4n) is 2.13. The Balaban J connectivity index is 3.35. The number of nitro groups is 1. The number of hydrogen-bond donors (Lipinski definition) is 2. The van der Waals surface area contributed by atoms with E-state index in [4.69, 9.17) is 11.6 Å². The minimum absolute atomic E-state index is 0.104. The molecular formula is C17H21ClN2O4. The van der Waals surface area contributed by atoms with Gasteiger partial charge in [-0.05, 0) is 31.0 Å². The highest BCUT2D eigenvalue weighted by molar-refractivity contribution is 6.30. The van der Waals surface area contributed by atoms with Crippen molar-refractivity contribution in [3.05, 3.63) is 68.1 Å². The van der Waals surface area contributed by atoms with Crippen molar-refractivity contribution in [2.24, 2.45) is 0 Å². The highest BCUT2D eigenvalue weighted by Gasteiger charge is 2.22. The molecule has 2 N–H and O–H groups in total. The Morgan fingerprint density at radius 2 is 1.96 bits per heavy atom. The molecule has 1 unspecified atom stereocenters. The molecule has 0 aromatic heterocycles. The number of halogens is 1. The van der Waals surface area contributed by atoms with E-state index in [2.05, 4.69) is 5.32 Å². The fraction of sp³-hybridized carbons (Fsp3) is 0.353. The number of nitrogens with one attached hydrogen (secondary N) is 1. The van der Waals surface area contributed by atoms with Crippen molar-refractivity contribution < 1.29 is 14.8 Å². The van der Waals surface area contributed by atoms with Gasteiger partial charge in [-0.15, -0.1) is 0 Å². The van der Waals surface area contributed by atoms with Crippen molar-refractivity contribution in [2.75, 3.05) is 0 Å². The van der Waals surface area contributed by atoms with Gasteiger partial charge in [0, 0.05) is 30.0 Å². The summed E-state index contributed by atoms with van der Waals surface area (Å²) in [5, 5.41) is 24.3. The van der Waals surface area contributed by atoms with Crippen molar-refractivity contribution in [1.82, 2.24) is 5.32 Å². The van der Waals surface area contributed by atoms with Gasteiger partial charge in [-0.1, -0.05) is 30.7 Å². The Labute approximate surface area is 146 Å². The normalized spacial score (nSPS) is 13.9. The van der Waals surface area contributed by atoms with Gasteiger partial charge in [-0.2, -0.15) is 0 Å². The molecule has 0 spiro atoms. The van der Waals surface area contributed by atoms with Crippen molar-refractivity contribution in [3.63, 3.8) is 0 Å². The van der Waals surface area contributed by atoms with E-state index in [-0.39, 0.29) is 22.9 Å². The van der Waals surface area contributed by atoms with Crippen LogP contribution in [-0.4, -0.2) is 15.9 Å². The number of hydrogen-bond acceptors (Lipinski definition) is 4.